The molecule has 1 atom stereocenters. The van der Waals surface area contributed by atoms with Crippen molar-refractivity contribution in [3.8, 4) is 0 Å². The lowest BCUT2D eigenvalue weighted by Crippen LogP contribution is -2.44. The predicted molar refractivity (Wildman–Crippen MR) is 120 cm³/mol. The molecule has 1 aliphatic rings. The van der Waals surface area contributed by atoms with Gasteiger partial charge in [0.2, 0.25) is 17.8 Å². The number of aryl methyl sites for hydroxylation is 1. The largest absolute Gasteiger partial charge is 0.366 e. The van der Waals surface area contributed by atoms with E-state index in [2.05, 4.69) is 22.5 Å². The molecule has 1 aromatic heterocycles. The number of hydrogen-bond acceptors (Lipinski definition) is 5. The maximum atomic E-state index is 13.0. The molecule has 0 spiro atoms. The number of anilines is 1. The van der Waals surface area contributed by atoms with E-state index in [9.17, 15) is 14.4 Å². The van der Waals surface area contributed by atoms with Gasteiger partial charge in [0.1, 0.15) is 6.04 Å². The minimum Gasteiger partial charge on any atom is -0.366 e. The summed E-state index contributed by atoms with van der Waals surface area (Å²) in [5, 5.41) is 5.68. The highest BCUT2D eigenvalue weighted by Crippen LogP contribution is 2.27. The van der Waals surface area contributed by atoms with Crippen molar-refractivity contribution in [3.63, 3.8) is 0 Å². The Labute approximate surface area is 183 Å². The third kappa shape index (κ3) is 4.27. The molecular formula is C22H23N5O3S. The lowest BCUT2D eigenvalue weighted by atomic mass is 10.2. The van der Waals surface area contributed by atoms with Gasteiger partial charge in [-0.25, -0.2) is 4.98 Å². The van der Waals surface area contributed by atoms with Gasteiger partial charge in [-0.3, -0.25) is 19.7 Å². The van der Waals surface area contributed by atoms with Crippen LogP contribution in [0, 0.1) is 0 Å². The fourth-order valence-corrected chi connectivity index (χ4v) is 4.56. The molecule has 2 aromatic carbocycles. The molecule has 9 heteroatoms. The van der Waals surface area contributed by atoms with E-state index < -0.39 is 11.9 Å². The molecule has 31 heavy (non-hydrogen) atoms. The molecular weight excluding hydrogens is 414 g/mol. The van der Waals surface area contributed by atoms with Crippen molar-refractivity contribution in [2.75, 3.05) is 11.1 Å². The number of unbranched alkanes of at least 4 members (excludes halogenated alkanes) is 1. The quantitative estimate of drug-likeness (QED) is 0.548. The number of nitrogens with one attached hydrogen (secondary N) is 2. The third-order valence-electron chi connectivity index (χ3n) is 5.16. The van der Waals surface area contributed by atoms with E-state index in [-0.39, 0.29) is 11.8 Å². The summed E-state index contributed by atoms with van der Waals surface area (Å²) >= 11 is 1.47. The summed E-state index contributed by atoms with van der Waals surface area (Å²) in [6, 6.07) is 11.7. The number of amides is 3. The van der Waals surface area contributed by atoms with Gasteiger partial charge in [-0.2, -0.15) is 0 Å². The molecule has 3 aromatic rings. The van der Waals surface area contributed by atoms with Crippen LogP contribution < -0.4 is 16.4 Å². The summed E-state index contributed by atoms with van der Waals surface area (Å²) in [4.78, 5) is 42.5. The summed E-state index contributed by atoms with van der Waals surface area (Å²) < 4.78 is 1.92. The van der Waals surface area contributed by atoms with Crippen LogP contribution in [-0.2, 0) is 11.3 Å². The first-order chi connectivity index (χ1) is 15.0. The number of carbonyl (C=O) groups is 3. The molecule has 0 saturated heterocycles. The van der Waals surface area contributed by atoms with Crippen molar-refractivity contribution in [1.82, 2.24) is 14.9 Å². The molecule has 0 unspecified atom stereocenters. The van der Waals surface area contributed by atoms with Gasteiger partial charge in [-0.15, -0.1) is 11.8 Å². The molecule has 1 aliphatic heterocycles. The summed E-state index contributed by atoms with van der Waals surface area (Å²) in [5.41, 5.74) is 7.69. The SMILES string of the molecule is CCCCn1c(NC(=O)[C@@H]2CSc3ccccc3C(=O)N2)nc2cc(C(N)=O)ccc21. The van der Waals surface area contributed by atoms with Crippen LogP contribution >= 0.6 is 11.8 Å². The number of primary amides is 1. The molecule has 4 rings (SSSR count). The number of imidazole rings is 1. The first kappa shape index (κ1) is 20.9. The Bertz CT molecular complexity index is 1170. The number of hydrogen-bond donors (Lipinski definition) is 3. The van der Waals surface area contributed by atoms with Crippen molar-refractivity contribution < 1.29 is 14.4 Å². The predicted octanol–water partition coefficient (Wildman–Crippen LogP) is 2.78. The van der Waals surface area contributed by atoms with Crippen LogP contribution in [0.4, 0.5) is 5.95 Å². The van der Waals surface area contributed by atoms with E-state index >= 15 is 0 Å². The number of fused-ring (bicyclic) bond motifs is 2. The lowest BCUT2D eigenvalue weighted by Gasteiger charge is -2.16. The second-order valence-electron chi connectivity index (χ2n) is 7.33. The highest BCUT2D eigenvalue weighted by atomic mass is 32.2. The number of nitrogens with two attached hydrogens (primary N) is 1. The monoisotopic (exact) mass is 437 g/mol. The van der Waals surface area contributed by atoms with E-state index in [1.807, 2.05) is 16.7 Å². The van der Waals surface area contributed by atoms with E-state index in [0.29, 0.717) is 34.9 Å². The zero-order chi connectivity index (χ0) is 22.0. The number of carbonyl (C=O) groups excluding carboxylic acids is 3. The standard InChI is InChI=1S/C22H23N5O3S/c1-2-3-10-27-17-9-8-13(19(23)28)11-15(17)25-22(27)26-21(30)16-12-31-18-7-5-4-6-14(18)20(29)24-16/h4-9,11,16H,2-3,10,12H2,1H3,(H2,23,28)(H,24,29)(H,25,26,30)/t16-/m0/s1. The second kappa shape index (κ2) is 8.81. The average Bonchev–Trinajstić information content (AvgIpc) is 3.00. The Morgan fingerprint density at radius 3 is 2.87 bits per heavy atom. The van der Waals surface area contributed by atoms with Gasteiger partial charge in [-0.05, 0) is 36.8 Å². The minimum absolute atomic E-state index is 0.272. The maximum absolute atomic E-state index is 13.0. The molecule has 2 heterocycles. The average molecular weight is 438 g/mol. The van der Waals surface area contributed by atoms with Gasteiger partial charge in [-0.1, -0.05) is 25.5 Å². The van der Waals surface area contributed by atoms with Gasteiger partial charge >= 0.3 is 0 Å². The molecule has 0 fully saturated rings. The van der Waals surface area contributed by atoms with Crippen LogP contribution in [-0.4, -0.2) is 39.1 Å². The summed E-state index contributed by atoms with van der Waals surface area (Å²) in [5.74, 6) is -0.345. The Hall–Kier alpha value is -3.33. The van der Waals surface area contributed by atoms with Gasteiger partial charge in [0, 0.05) is 22.8 Å². The molecule has 0 aliphatic carbocycles. The Morgan fingerprint density at radius 1 is 1.29 bits per heavy atom. The zero-order valence-corrected chi connectivity index (χ0v) is 17.9. The van der Waals surface area contributed by atoms with E-state index in [1.165, 1.54) is 11.8 Å². The van der Waals surface area contributed by atoms with Crippen LogP contribution in [0.1, 0.15) is 40.5 Å². The van der Waals surface area contributed by atoms with E-state index in [1.54, 1.807) is 30.3 Å². The van der Waals surface area contributed by atoms with Crippen molar-refractivity contribution in [1.29, 1.82) is 0 Å². The number of aromatic nitrogens is 2. The maximum Gasteiger partial charge on any atom is 0.253 e. The third-order valence-corrected chi connectivity index (χ3v) is 6.33. The number of nitrogens with zero attached hydrogens (tertiary/aromatic N) is 2. The molecule has 0 bridgehead atoms. The van der Waals surface area contributed by atoms with Gasteiger partial charge in [0.25, 0.3) is 5.91 Å². The topological polar surface area (TPSA) is 119 Å². The van der Waals surface area contributed by atoms with Crippen LogP contribution in [0.25, 0.3) is 11.0 Å². The van der Waals surface area contributed by atoms with Crippen LogP contribution in [0.3, 0.4) is 0 Å². The van der Waals surface area contributed by atoms with E-state index in [4.69, 9.17) is 5.73 Å². The molecule has 3 amide bonds. The normalized spacial score (nSPS) is 15.8. The number of thioether (sulfide) groups is 1. The van der Waals surface area contributed by atoms with Crippen LogP contribution in [0.2, 0.25) is 0 Å². The van der Waals surface area contributed by atoms with Crippen molar-refractivity contribution >= 4 is 46.5 Å². The summed E-state index contributed by atoms with van der Waals surface area (Å²) in [7, 11) is 0. The number of rotatable bonds is 6. The molecule has 4 N–H and O–H groups in total. The fraction of sp³-hybridized carbons (Fsp3) is 0.273. The zero-order valence-electron chi connectivity index (χ0n) is 17.1. The van der Waals surface area contributed by atoms with Crippen molar-refractivity contribution in [2.24, 2.45) is 5.73 Å². The fourth-order valence-electron chi connectivity index (χ4n) is 3.49. The van der Waals surface area contributed by atoms with Gasteiger partial charge in [0.05, 0.1) is 16.6 Å². The minimum atomic E-state index is -0.703. The van der Waals surface area contributed by atoms with Crippen LogP contribution in [0.15, 0.2) is 47.4 Å². The summed E-state index contributed by atoms with van der Waals surface area (Å²) in [6.45, 7) is 2.74. The molecule has 0 saturated carbocycles. The van der Waals surface area contributed by atoms with Crippen LogP contribution in [0.5, 0.6) is 0 Å². The highest BCUT2D eigenvalue weighted by Gasteiger charge is 2.28. The number of benzene rings is 2. The first-order valence-electron chi connectivity index (χ1n) is 10.1. The molecule has 0 radical (unpaired) electrons. The first-order valence-corrected chi connectivity index (χ1v) is 11.1. The Morgan fingerprint density at radius 2 is 2.10 bits per heavy atom. The molecule has 8 nitrogen and oxygen atoms in total. The second-order valence-corrected chi connectivity index (χ2v) is 8.39. The smallest absolute Gasteiger partial charge is 0.253 e. The Kier molecular flexibility index (Phi) is 5.94. The van der Waals surface area contributed by atoms with E-state index in [0.717, 1.165) is 23.3 Å². The van der Waals surface area contributed by atoms with Crippen molar-refractivity contribution in [3.05, 3.63) is 53.6 Å². The summed E-state index contributed by atoms with van der Waals surface area (Å²) in [6.07, 6.45) is 1.87. The lowest BCUT2D eigenvalue weighted by molar-refractivity contribution is -0.117. The van der Waals surface area contributed by atoms with Crippen molar-refractivity contribution in [2.45, 2.75) is 37.2 Å². The van der Waals surface area contributed by atoms with Gasteiger partial charge < -0.3 is 15.6 Å². The Balaban J connectivity index is 1.60. The molecule has 160 valence electrons. The van der Waals surface area contributed by atoms with Gasteiger partial charge in [0.15, 0.2) is 0 Å². The highest BCUT2D eigenvalue weighted by molar-refractivity contribution is 7.99.